The molecule has 0 aliphatic carbocycles. The monoisotopic (exact) mass is 302 g/mol. The highest BCUT2D eigenvalue weighted by Crippen LogP contribution is 2.15. The molecule has 88 valence electrons. The van der Waals surface area contributed by atoms with E-state index in [-0.39, 0.29) is 16.3 Å². The summed E-state index contributed by atoms with van der Waals surface area (Å²) < 4.78 is 12.3. The maximum absolute atomic E-state index is 11.8. The third-order valence-electron chi connectivity index (χ3n) is 2.09. The van der Waals surface area contributed by atoms with Crippen LogP contribution in [0.3, 0.4) is 0 Å². The van der Waals surface area contributed by atoms with Crippen LogP contribution in [0.5, 0.6) is 0 Å². The van der Waals surface area contributed by atoms with Crippen molar-refractivity contribution in [3.05, 3.63) is 34.3 Å². The third kappa shape index (κ3) is 3.83. The van der Waals surface area contributed by atoms with Gasteiger partial charge in [-0.15, -0.1) is 0 Å². The summed E-state index contributed by atoms with van der Waals surface area (Å²) in [6.45, 7) is 5.62. The fraction of sp³-hybridized carbons (Fsp3) is 0.417. The summed E-state index contributed by atoms with van der Waals surface area (Å²) in [7, 11) is -1.14. The predicted octanol–water partition coefficient (Wildman–Crippen LogP) is 3.18. The highest BCUT2D eigenvalue weighted by molar-refractivity contribution is 9.10. The Morgan fingerprint density at radius 1 is 1.38 bits per heavy atom. The Morgan fingerprint density at radius 3 is 2.50 bits per heavy atom. The van der Waals surface area contributed by atoms with E-state index >= 15 is 0 Å². The first-order valence-corrected chi connectivity index (χ1v) is 7.09. The van der Waals surface area contributed by atoms with Gasteiger partial charge in [-0.2, -0.15) is 0 Å². The number of carbonyl (C=O) groups excluding carboxylic acids is 1. The van der Waals surface area contributed by atoms with E-state index < -0.39 is 10.8 Å². The topological polar surface area (TPSA) is 34.1 Å². The molecule has 0 bridgehead atoms. The molecule has 0 aliphatic heterocycles. The number of ketones is 1. The molecule has 0 saturated carbocycles. The molecule has 0 heterocycles. The van der Waals surface area contributed by atoms with Gasteiger partial charge in [0.2, 0.25) is 0 Å². The Hall–Kier alpha value is -0.480. The Bertz CT molecular complexity index is 421. The molecule has 0 aromatic heterocycles. The Balaban J connectivity index is 2.78. The number of halogens is 1. The smallest absolute Gasteiger partial charge is 0.175 e. The maximum Gasteiger partial charge on any atom is 0.175 e. The quantitative estimate of drug-likeness (QED) is 0.804. The number of benzene rings is 1. The first-order valence-electron chi connectivity index (χ1n) is 4.98. The minimum Gasteiger partial charge on any atom is -0.293 e. The standard InChI is InChI=1S/C12H15BrO2S/c1-12(2,3)16(15)8-11(14)9-5-4-6-10(13)7-9/h4-7H,8H2,1-3H3. The molecule has 0 saturated heterocycles. The summed E-state index contributed by atoms with van der Waals surface area (Å²) in [5.74, 6) is 0.00880. The van der Waals surface area contributed by atoms with Gasteiger partial charge < -0.3 is 0 Å². The van der Waals surface area contributed by atoms with Crippen molar-refractivity contribution in [1.29, 1.82) is 0 Å². The van der Waals surface area contributed by atoms with Crippen molar-refractivity contribution >= 4 is 32.5 Å². The average molecular weight is 303 g/mol. The van der Waals surface area contributed by atoms with E-state index in [9.17, 15) is 9.00 Å². The fourth-order valence-corrected chi connectivity index (χ4v) is 2.32. The van der Waals surface area contributed by atoms with E-state index in [4.69, 9.17) is 0 Å². The van der Waals surface area contributed by atoms with Gasteiger partial charge in [0.05, 0.1) is 5.75 Å². The number of hydrogen-bond donors (Lipinski definition) is 0. The van der Waals surface area contributed by atoms with Gasteiger partial charge in [-0.25, -0.2) is 0 Å². The lowest BCUT2D eigenvalue weighted by molar-refractivity contribution is 0.102. The SMILES string of the molecule is CC(C)(C)S(=O)CC(=O)c1cccc(Br)c1. The second kappa shape index (κ2) is 5.23. The zero-order chi connectivity index (χ0) is 12.3. The van der Waals surface area contributed by atoms with Gasteiger partial charge in [0, 0.05) is 25.6 Å². The fourth-order valence-electron chi connectivity index (χ4n) is 1.08. The molecule has 0 radical (unpaired) electrons. The van der Waals surface area contributed by atoms with E-state index in [0.29, 0.717) is 5.56 Å². The first kappa shape index (κ1) is 13.6. The van der Waals surface area contributed by atoms with Crippen LogP contribution in [0.1, 0.15) is 31.1 Å². The van der Waals surface area contributed by atoms with Crippen LogP contribution in [-0.4, -0.2) is 20.5 Å². The van der Waals surface area contributed by atoms with Gasteiger partial charge in [0.1, 0.15) is 0 Å². The Kier molecular flexibility index (Phi) is 4.44. The molecule has 0 N–H and O–H groups in total. The maximum atomic E-state index is 11.8. The van der Waals surface area contributed by atoms with Crippen LogP contribution in [0.25, 0.3) is 0 Å². The lowest BCUT2D eigenvalue weighted by Crippen LogP contribution is -2.27. The molecule has 1 atom stereocenters. The van der Waals surface area contributed by atoms with Crippen LogP contribution < -0.4 is 0 Å². The number of Topliss-reactive ketones (excluding diaryl/α,β-unsaturated/α-hetero) is 1. The molecule has 1 unspecified atom stereocenters. The van der Waals surface area contributed by atoms with E-state index in [0.717, 1.165) is 4.47 Å². The Labute approximate surface area is 107 Å². The number of hydrogen-bond acceptors (Lipinski definition) is 2. The number of carbonyl (C=O) groups is 1. The van der Waals surface area contributed by atoms with Crippen LogP contribution in [-0.2, 0) is 10.8 Å². The minimum absolute atomic E-state index is 0.0745. The minimum atomic E-state index is -1.14. The molecule has 1 rings (SSSR count). The first-order chi connectivity index (χ1) is 7.30. The van der Waals surface area contributed by atoms with Crippen LogP contribution in [0, 0.1) is 0 Å². The molecule has 2 nitrogen and oxygen atoms in total. The molecule has 4 heteroatoms. The van der Waals surface area contributed by atoms with E-state index in [1.54, 1.807) is 18.2 Å². The highest BCUT2D eigenvalue weighted by atomic mass is 79.9. The molecule has 0 amide bonds. The molecule has 0 fully saturated rings. The summed E-state index contributed by atoms with van der Waals surface area (Å²) in [5.41, 5.74) is 0.604. The molecular formula is C12H15BrO2S. The van der Waals surface area contributed by atoms with Gasteiger partial charge in [-0.3, -0.25) is 9.00 Å². The second-order valence-electron chi connectivity index (χ2n) is 4.54. The third-order valence-corrected chi connectivity index (χ3v) is 4.48. The number of rotatable bonds is 3. The van der Waals surface area contributed by atoms with Gasteiger partial charge in [0.15, 0.2) is 5.78 Å². The zero-order valence-corrected chi connectivity index (χ0v) is 12.0. The van der Waals surface area contributed by atoms with Crippen LogP contribution >= 0.6 is 15.9 Å². The average Bonchev–Trinajstić information content (AvgIpc) is 2.16. The van der Waals surface area contributed by atoms with Crippen molar-refractivity contribution in [3.8, 4) is 0 Å². The van der Waals surface area contributed by atoms with Gasteiger partial charge in [-0.05, 0) is 32.9 Å². The molecule has 0 aliphatic rings. The Morgan fingerprint density at radius 2 is 2.00 bits per heavy atom. The van der Waals surface area contributed by atoms with Crippen molar-refractivity contribution in [1.82, 2.24) is 0 Å². The molecule has 0 spiro atoms. The van der Waals surface area contributed by atoms with Gasteiger partial charge in [0.25, 0.3) is 0 Å². The molecule has 1 aromatic carbocycles. The van der Waals surface area contributed by atoms with Crippen molar-refractivity contribution in [2.45, 2.75) is 25.5 Å². The predicted molar refractivity (Wildman–Crippen MR) is 71.2 cm³/mol. The molecule has 16 heavy (non-hydrogen) atoms. The van der Waals surface area contributed by atoms with Crippen LogP contribution in [0.15, 0.2) is 28.7 Å². The van der Waals surface area contributed by atoms with Crippen LogP contribution in [0.2, 0.25) is 0 Å². The summed E-state index contributed by atoms with van der Waals surface area (Å²) in [4.78, 5) is 11.8. The van der Waals surface area contributed by atoms with Crippen molar-refractivity contribution in [2.24, 2.45) is 0 Å². The largest absolute Gasteiger partial charge is 0.293 e. The van der Waals surface area contributed by atoms with E-state index in [1.807, 2.05) is 26.8 Å². The summed E-state index contributed by atoms with van der Waals surface area (Å²) in [6.07, 6.45) is 0. The highest BCUT2D eigenvalue weighted by Gasteiger charge is 2.22. The van der Waals surface area contributed by atoms with Crippen molar-refractivity contribution < 1.29 is 9.00 Å². The van der Waals surface area contributed by atoms with E-state index in [2.05, 4.69) is 15.9 Å². The van der Waals surface area contributed by atoms with Crippen molar-refractivity contribution in [2.75, 3.05) is 5.75 Å². The molecule has 1 aromatic rings. The lowest BCUT2D eigenvalue weighted by atomic mass is 10.2. The van der Waals surface area contributed by atoms with Gasteiger partial charge in [-0.1, -0.05) is 28.1 Å². The summed E-state index contributed by atoms with van der Waals surface area (Å²) in [5, 5.41) is 0. The summed E-state index contributed by atoms with van der Waals surface area (Å²) in [6, 6.07) is 7.16. The zero-order valence-electron chi connectivity index (χ0n) is 9.62. The van der Waals surface area contributed by atoms with Crippen LogP contribution in [0.4, 0.5) is 0 Å². The van der Waals surface area contributed by atoms with E-state index in [1.165, 1.54) is 0 Å². The summed E-state index contributed by atoms with van der Waals surface area (Å²) >= 11 is 3.31. The van der Waals surface area contributed by atoms with Gasteiger partial charge >= 0.3 is 0 Å². The molecular weight excluding hydrogens is 288 g/mol. The lowest BCUT2D eigenvalue weighted by Gasteiger charge is -2.16. The normalized spacial score (nSPS) is 13.5. The second-order valence-corrected chi connectivity index (χ2v) is 7.66. The van der Waals surface area contributed by atoms with Crippen molar-refractivity contribution in [3.63, 3.8) is 0 Å².